The Kier molecular flexibility index (Phi) is 33.3. The number of aryl methyl sites for hydroxylation is 6. The maximum atomic E-state index is 13.7. The van der Waals surface area contributed by atoms with Crippen molar-refractivity contribution in [3.8, 4) is 0 Å². The molecule has 12 aliphatic rings. The highest BCUT2D eigenvalue weighted by Gasteiger charge is 2.47. The Hall–Kier alpha value is -6.20. The number of nitrogens with two attached hydrogens (primary N) is 1. The standard InChI is InChI=1S/C36H49BrClN5O2.C35H48BrClN6O2.C35H47BrClN5O2/c1-24(44)40-13-9-25(10-14-40)19-33(45)43-18-17-42(23-32(43)36(2,3)4)30-11-15-41(16-12-30)35-31-8-7-29(38)21-26(31)5-6-27-20-28(37)22-39-34(27)35;1-35(2,3)30-22-42(16-17-43(30)31(44)18-23-8-12-41(13-9-23)34(38)45)28-10-14-40(15-11-28)33-29-7-6-27(37)20-24(29)4-5-25-19-26(36)21-39-32(25)33;1-23(2)32-22-41(16-17-42(32)33(44)18-25-8-12-39(13-9-25)24(3)43)30-10-14-40(15-11-30)35-31-7-6-29(37)20-26(31)4-5-27-19-28(36)21-38-34(27)35/h7-8,20-22,25,30,32,35H,5-6,9-19,23H2,1-4H3;6-7,19-21,23,28,30,33H,4-5,8-18,22H2,1-3H3,(H2,38,45);6-7,19-21,23,25,30,32,35H,4-5,8-18,22H2,1-3H3. The van der Waals surface area contributed by atoms with Crippen LogP contribution in [-0.2, 0) is 62.5 Å². The minimum atomic E-state index is -0.353. The van der Waals surface area contributed by atoms with Crippen molar-refractivity contribution in [2.75, 3.05) is 137 Å². The summed E-state index contributed by atoms with van der Waals surface area (Å²) in [6, 6.07) is 28.2. The van der Waals surface area contributed by atoms with Crippen molar-refractivity contribution < 1.29 is 28.8 Å². The normalized spacial score (nSPS) is 24.2. The summed E-state index contributed by atoms with van der Waals surface area (Å²) in [6.07, 6.45) is 25.6. The van der Waals surface area contributed by atoms with Crippen LogP contribution in [0.25, 0.3) is 0 Å². The van der Waals surface area contributed by atoms with E-state index in [9.17, 15) is 28.8 Å². The van der Waals surface area contributed by atoms with Crippen LogP contribution in [0.3, 0.4) is 0 Å². The van der Waals surface area contributed by atoms with Gasteiger partial charge in [-0.05, 0) is 303 Å². The maximum absolute atomic E-state index is 13.7. The van der Waals surface area contributed by atoms with E-state index in [2.05, 4.69) is 202 Å². The second kappa shape index (κ2) is 44.3. The Bertz CT molecular complexity index is 4770. The summed E-state index contributed by atoms with van der Waals surface area (Å²) in [7, 11) is 0. The van der Waals surface area contributed by atoms with Gasteiger partial charge in [0.15, 0.2) is 0 Å². The average Bonchev–Trinajstić information content (AvgIpc) is 1.41. The lowest BCUT2D eigenvalue weighted by molar-refractivity contribution is -0.143. The van der Waals surface area contributed by atoms with Gasteiger partial charge < -0.3 is 35.1 Å². The molecule has 0 spiro atoms. The summed E-state index contributed by atoms with van der Waals surface area (Å²) in [5.74, 6) is 2.68. The van der Waals surface area contributed by atoms with Gasteiger partial charge in [0.1, 0.15) is 0 Å². The highest BCUT2D eigenvalue weighted by molar-refractivity contribution is 9.11. The van der Waals surface area contributed by atoms with Gasteiger partial charge in [0, 0.05) is 254 Å². The molecule has 134 heavy (non-hydrogen) atoms. The number of benzene rings is 3. The average molecular weight is 2080 g/mol. The molecule has 6 atom stereocenters. The van der Waals surface area contributed by atoms with Crippen molar-refractivity contribution >= 4 is 118 Å². The van der Waals surface area contributed by atoms with Gasteiger partial charge in [0.05, 0.1) is 35.2 Å². The molecular formula is C106H144Br3Cl3N16O6. The summed E-state index contributed by atoms with van der Waals surface area (Å²) in [5, 5.41) is 2.40. The van der Waals surface area contributed by atoms with E-state index in [1.54, 1.807) is 18.7 Å². The first kappa shape index (κ1) is 101. The Morgan fingerprint density at radius 1 is 0.366 bits per heavy atom. The molecule has 0 saturated carbocycles. The Morgan fingerprint density at radius 3 is 0.940 bits per heavy atom. The predicted molar refractivity (Wildman–Crippen MR) is 544 cm³/mol. The molecule has 726 valence electrons. The number of aromatic nitrogens is 3. The number of hydrogen-bond donors (Lipinski definition) is 1. The zero-order valence-corrected chi connectivity index (χ0v) is 87.9. The largest absolute Gasteiger partial charge is 0.351 e. The number of pyridine rings is 3. The first-order valence-corrected chi connectivity index (χ1v) is 53.8. The van der Waals surface area contributed by atoms with Crippen LogP contribution >= 0.6 is 82.6 Å². The van der Waals surface area contributed by atoms with E-state index in [0.29, 0.717) is 86.0 Å². The number of fused-ring (bicyclic) bond motifs is 6. The number of piperidine rings is 6. The minimum Gasteiger partial charge on any atom is -0.351 e. The third-order valence-corrected chi connectivity index (χ3v) is 34.5. The minimum absolute atomic E-state index is 0.00200. The number of primary amides is 1. The highest BCUT2D eigenvalue weighted by atomic mass is 79.9. The lowest BCUT2D eigenvalue weighted by atomic mass is 9.82. The molecule has 9 aliphatic heterocycles. The van der Waals surface area contributed by atoms with Crippen LogP contribution in [0.5, 0.6) is 0 Å². The van der Waals surface area contributed by atoms with E-state index in [4.69, 9.17) is 55.5 Å². The molecule has 3 aromatic carbocycles. The van der Waals surface area contributed by atoms with Crippen molar-refractivity contribution in [1.29, 1.82) is 0 Å². The van der Waals surface area contributed by atoms with Crippen LogP contribution < -0.4 is 5.73 Å². The van der Waals surface area contributed by atoms with Gasteiger partial charge >= 0.3 is 6.03 Å². The molecule has 3 aromatic heterocycles. The molecule has 9 saturated heterocycles. The van der Waals surface area contributed by atoms with Gasteiger partial charge in [0.2, 0.25) is 29.5 Å². The summed E-state index contributed by atoms with van der Waals surface area (Å²) < 4.78 is 3.10. The second-order valence-corrected chi connectivity index (χ2v) is 47.3. The maximum Gasteiger partial charge on any atom is 0.314 e. The molecule has 18 rings (SSSR count). The monoisotopic (exact) mass is 2080 g/mol. The van der Waals surface area contributed by atoms with E-state index in [0.717, 1.165) is 268 Å². The third kappa shape index (κ3) is 24.0. The van der Waals surface area contributed by atoms with Crippen LogP contribution in [0.1, 0.15) is 251 Å². The molecule has 6 unspecified atom stereocenters. The predicted octanol–water partition coefficient (Wildman–Crippen LogP) is 18.2. The van der Waals surface area contributed by atoms with Gasteiger partial charge in [-0.1, -0.05) is 108 Å². The number of likely N-dealkylation sites (tertiary alicyclic amines) is 6. The molecule has 0 radical (unpaired) electrons. The number of halogens is 6. The van der Waals surface area contributed by atoms with Crippen LogP contribution in [0.15, 0.2) is 105 Å². The molecule has 0 bridgehead atoms. The van der Waals surface area contributed by atoms with Crippen molar-refractivity contribution in [2.24, 2.45) is 40.2 Å². The smallest absolute Gasteiger partial charge is 0.314 e. The fourth-order valence-corrected chi connectivity index (χ4v) is 26.3. The molecule has 3 aliphatic carbocycles. The number of carbonyl (C=O) groups excluding carboxylic acids is 6. The van der Waals surface area contributed by atoms with Crippen molar-refractivity contribution in [2.45, 2.75) is 258 Å². The molecular weight excluding hydrogens is 1940 g/mol. The molecule has 6 aromatic rings. The molecule has 12 heterocycles. The highest BCUT2D eigenvalue weighted by Crippen LogP contribution is 2.46. The van der Waals surface area contributed by atoms with Crippen molar-refractivity contribution in [3.63, 3.8) is 0 Å². The van der Waals surface area contributed by atoms with Crippen LogP contribution in [-0.4, -0.2) is 283 Å². The van der Waals surface area contributed by atoms with E-state index in [1.165, 1.54) is 67.2 Å². The van der Waals surface area contributed by atoms with Crippen molar-refractivity contribution in [3.05, 3.63) is 187 Å². The molecule has 22 nitrogen and oxygen atoms in total. The SMILES string of the molecule is CC(=O)N1CCC(CC(=O)N2CCN(C3CCN(C4c5ccc(Cl)cc5CCc5cc(Br)cnc54)CC3)CC2C(C)(C)C)CC1.CC(=O)N1CCC(CC(=O)N2CCN(C3CCN(C4c5ccc(Cl)cc5CCc5cc(Br)cnc54)CC3)CC2C(C)C)CC1.CC(C)(C)C1CN(C2CCN(C3c4ccc(Cl)cc4CCc4cc(Br)cnc43)CC2)CCN1C(=O)CC1CCN(C(N)=O)CC1. The number of piperazine rings is 3. The first-order valence-electron chi connectivity index (χ1n) is 50.3. The molecule has 9 fully saturated rings. The van der Waals surface area contributed by atoms with Gasteiger partial charge in [-0.15, -0.1) is 0 Å². The van der Waals surface area contributed by atoms with Gasteiger partial charge in [-0.3, -0.25) is 68.3 Å². The Balaban J connectivity index is 0.000000146. The number of nitrogens with zero attached hydrogens (tertiary/aromatic N) is 15. The van der Waals surface area contributed by atoms with Gasteiger partial charge in [0.25, 0.3) is 0 Å². The number of hydrogen-bond acceptors (Lipinski definition) is 15. The topological polar surface area (TPSA) is 206 Å². The van der Waals surface area contributed by atoms with Crippen molar-refractivity contribution in [1.82, 2.24) is 73.8 Å². The summed E-state index contributed by atoms with van der Waals surface area (Å²) in [5.41, 5.74) is 21.0. The Morgan fingerprint density at radius 2 is 0.649 bits per heavy atom. The number of rotatable bonds is 13. The van der Waals surface area contributed by atoms with Gasteiger partial charge in [-0.25, -0.2) is 4.79 Å². The molecule has 2 N–H and O–H groups in total. The number of urea groups is 1. The van der Waals surface area contributed by atoms with E-state index in [1.807, 2.05) is 46.6 Å². The summed E-state index contributed by atoms with van der Waals surface area (Å²) in [4.78, 5) is 119. The quantitative estimate of drug-likeness (QED) is 0.114. The third-order valence-electron chi connectivity index (χ3n) is 32.5. The van der Waals surface area contributed by atoms with E-state index < -0.39 is 0 Å². The van der Waals surface area contributed by atoms with E-state index in [-0.39, 0.29) is 70.8 Å². The fourth-order valence-electron chi connectivity index (χ4n) is 24.6. The number of amides is 7. The lowest BCUT2D eigenvalue weighted by Crippen LogP contribution is -2.62. The van der Waals surface area contributed by atoms with Crippen LogP contribution in [0, 0.1) is 34.5 Å². The first-order chi connectivity index (χ1) is 64.1. The van der Waals surface area contributed by atoms with Crippen LogP contribution in [0.2, 0.25) is 15.1 Å². The fraction of sp³-hybridized carbons (Fsp3) is 0.632. The lowest BCUT2D eigenvalue weighted by Gasteiger charge is -2.51. The summed E-state index contributed by atoms with van der Waals surface area (Å²) >= 11 is 30.3. The zero-order valence-electron chi connectivity index (χ0n) is 80.9. The van der Waals surface area contributed by atoms with E-state index >= 15 is 0 Å². The Labute approximate surface area is 837 Å². The zero-order chi connectivity index (χ0) is 94.7. The van der Waals surface area contributed by atoms with Gasteiger partial charge in [-0.2, -0.15) is 0 Å². The molecule has 28 heteroatoms. The second-order valence-electron chi connectivity index (χ2n) is 43.2. The van der Waals surface area contributed by atoms with Crippen LogP contribution in [0.4, 0.5) is 4.79 Å². The summed E-state index contributed by atoms with van der Waals surface area (Å²) in [6.45, 7) is 40.1. The number of carbonyl (C=O) groups is 6. The molecule has 7 amide bonds.